The number of amides is 2. The van der Waals surface area contributed by atoms with Crippen LogP contribution in [0.1, 0.15) is 38.5 Å². The highest BCUT2D eigenvalue weighted by Gasteiger charge is 2.30. The van der Waals surface area contributed by atoms with E-state index in [9.17, 15) is 9.59 Å². The molecule has 0 atom stereocenters. The Kier molecular flexibility index (Phi) is 6.17. The minimum absolute atomic E-state index is 0.0253. The van der Waals surface area contributed by atoms with Crippen LogP contribution in [0, 0.1) is 5.92 Å². The number of hydrogen-bond acceptors (Lipinski definition) is 5. The SMILES string of the molecule is O=C(Cn1nnc(-c2ccccc2)n1)N1CCC(C(=O)N2CCCCCC2)CC1. The van der Waals surface area contributed by atoms with E-state index >= 15 is 0 Å². The van der Waals surface area contributed by atoms with E-state index in [1.54, 1.807) is 0 Å². The van der Waals surface area contributed by atoms with Crippen LogP contribution in [0.15, 0.2) is 30.3 Å². The highest BCUT2D eigenvalue weighted by Crippen LogP contribution is 2.22. The van der Waals surface area contributed by atoms with Crippen LogP contribution in [0.25, 0.3) is 11.4 Å². The molecule has 0 radical (unpaired) electrons. The van der Waals surface area contributed by atoms with Crippen molar-refractivity contribution in [3.05, 3.63) is 30.3 Å². The quantitative estimate of drug-likeness (QED) is 0.789. The van der Waals surface area contributed by atoms with Crippen LogP contribution in [0.4, 0.5) is 0 Å². The smallest absolute Gasteiger partial charge is 0.246 e. The fourth-order valence-corrected chi connectivity index (χ4v) is 4.16. The summed E-state index contributed by atoms with van der Waals surface area (Å²) in [6.07, 6.45) is 6.14. The van der Waals surface area contributed by atoms with Gasteiger partial charge in [-0.2, -0.15) is 4.80 Å². The molecule has 0 unspecified atom stereocenters. The molecule has 3 heterocycles. The van der Waals surface area contributed by atoms with E-state index in [4.69, 9.17) is 0 Å². The van der Waals surface area contributed by atoms with Crippen molar-refractivity contribution in [2.45, 2.75) is 45.1 Å². The van der Waals surface area contributed by atoms with Crippen molar-refractivity contribution >= 4 is 11.8 Å². The first-order chi connectivity index (χ1) is 14.2. The number of nitrogens with zero attached hydrogens (tertiary/aromatic N) is 6. The van der Waals surface area contributed by atoms with Gasteiger partial charge in [-0.15, -0.1) is 10.2 Å². The van der Waals surface area contributed by atoms with Gasteiger partial charge >= 0.3 is 0 Å². The minimum Gasteiger partial charge on any atom is -0.342 e. The second kappa shape index (κ2) is 9.15. The van der Waals surface area contributed by atoms with Crippen molar-refractivity contribution < 1.29 is 9.59 Å². The first kappa shape index (κ1) is 19.5. The average molecular weight is 396 g/mol. The Morgan fingerprint density at radius 1 is 0.897 bits per heavy atom. The van der Waals surface area contributed by atoms with E-state index in [2.05, 4.69) is 15.4 Å². The topological polar surface area (TPSA) is 84.2 Å². The van der Waals surface area contributed by atoms with Crippen molar-refractivity contribution in [3.8, 4) is 11.4 Å². The van der Waals surface area contributed by atoms with Crippen molar-refractivity contribution in [1.29, 1.82) is 0 Å². The molecule has 2 aliphatic heterocycles. The van der Waals surface area contributed by atoms with Gasteiger partial charge in [0.25, 0.3) is 0 Å². The fourth-order valence-electron chi connectivity index (χ4n) is 4.16. The Bertz CT molecular complexity index is 821. The summed E-state index contributed by atoms with van der Waals surface area (Å²) in [5, 5.41) is 12.4. The first-order valence-electron chi connectivity index (χ1n) is 10.6. The molecule has 8 nitrogen and oxygen atoms in total. The Balaban J connectivity index is 1.28. The van der Waals surface area contributed by atoms with Gasteiger partial charge in [0.05, 0.1) is 0 Å². The third-order valence-electron chi connectivity index (χ3n) is 5.88. The number of benzene rings is 1. The third-order valence-corrected chi connectivity index (χ3v) is 5.88. The van der Waals surface area contributed by atoms with E-state index < -0.39 is 0 Å². The summed E-state index contributed by atoms with van der Waals surface area (Å²) in [6, 6.07) is 9.58. The minimum atomic E-state index is -0.0253. The molecule has 1 aromatic heterocycles. The van der Waals surface area contributed by atoms with Crippen molar-refractivity contribution in [2.24, 2.45) is 5.92 Å². The first-order valence-corrected chi connectivity index (χ1v) is 10.6. The highest BCUT2D eigenvalue weighted by molar-refractivity contribution is 5.80. The third kappa shape index (κ3) is 4.81. The second-order valence-electron chi connectivity index (χ2n) is 7.90. The molecule has 0 bridgehead atoms. The summed E-state index contributed by atoms with van der Waals surface area (Å²) in [7, 11) is 0. The van der Waals surface area contributed by atoms with Crippen LogP contribution in [0.2, 0.25) is 0 Å². The van der Waals surface area contributed by atoms with Crippen LogP contribution in [-0.2, 0) is 16.1 Å². The highest BCUT2D eigenvalue weighted by atomic mass is 16.2. The summed E-state index contributed by atoms with van der Waals surface area (Å²) >= 11 is 0. The molecule has 0 spiro atoms. The number of aromatic nitrogens is 4. The number of tetrazole rings is 1. The standard InChI is InChI=1S/C21H28N6O2/c28-19(16-27-23-20(22-24-27)17-8-4-3-5-9-17)25-14-10-18(11-15-25)21(29)26-12-6-1-2-7-13-26/h3-5,8-9,18H,1-2,6-7,10-16H2. The molecule has 2 fully saturated rings. The van der Waals surface area contributed by atoms with Gasteiger partial charge in [-0.25, -0.2) is 0 Å². The number of piperidine rings is 1. The predicted molar refractivity (Wildman–Crippen MR) is 108 cm³/mol. The van der Waals surface area contributed by atoms with Crippen molar-refractivity contribution in [2.75, 3.05) is 26.2 Å². The Labute approximate surface area is 170 Å². The molecule has 29 heavy (non-hydrogen) atoms. The zero-order valence-electron chi connectivity index (χ0n) is 16.7. The molecule has 4 rings (SSSR count). The van der Waals surface area contributed by atoms with Crippen LogP contribution in [0.5, 0.6) is 0 Å². The zero-order chi connectivity index (χ0) is 20.1. The number of carbonyl (C=O) groups is 2. The van der Waals surface area contributed by atoms with E-state index in [1.165, 1.54) is 17.6 Å². The lowest BCUT2D eigenvalue weighted by Gasteiger charge is -2.34. The van der Waals surface area contributed by atoms with Crippen LogP contribution in [-0.4, -0.2) is 68.0 Å². The van der Waals surface area contributed by atoms with Gasteiger partial charge < -0.3 is 9.80 Å². The van der Waals surface area contributed by atoms with Gasteiger partial charge in [0.15, 0.2) is 0 Å². The van der Waals surface area contributed by atoms with E-state index in [-0.39, 0.29) is 24.3 Å². The maximum atomic E-state index is 12.8. The Hall–Kier alpha value is -2.77. The maximum absolute atomic E-state index is 12.8. The van der Waals surface area contributed by atoms with Gasteiger partial charge in [-0.1, -0.05) is 43.2 Å². The number of likely N-dealkylation sites (tertiary alicyclic amines) is 2. The van der Waals surface area contributed by atoms with Gasteiger partial charge in [0.1, 0.15) is 6.54 Å². The molecule has 154 valence electrons. The number of carbonyl (C=O) groups excluding carboxylic acids is 2. The summed E-state index contributed by atoms with van der Waals surface area (Å²) in [5.41, 5.74) is 0.874. The fraction of sp³-hybridized carbons (Fsp3) is 0.571. The molecule has 0 aliphatic carbocycles. The Morgan fingerprint density at radius 2 is 1.59 bits per heavy atom. The van der Waals surface area contributed by atoms with Crippen LogP contribution >= 0.6 is 0 Å². The van der Waals surface area contributed by atoms with Crippen molar-refractivity contribution in [1.82, 2.24) is 30.0 Å². The number of rotatable bonds is 4. The average Bonchev–Trinajstić information content (AvgIpc) is 3.06. The van der Waals surface area contributed by atoms with E-state index in [0.717, 1.165) is 44.3 Å². The van der Waals surface area contributed by atoms with Crippen molar-refractivity contribution in [3.63, 3.8) is 0 Å². The molecule has 8 heteroatoms. The van der Waals surface area contributed by atoms with Gasteiger partial charge in [-0.05, 0) is 30.9 Å². The summed E-state index contributed by atoms with van der Waals surface area (Å²) in [4.78, 5) is 30.6. The van der Waals surface area contributed by atoms with E-state index in [0.29, 0.717) is 18.9 Å². The molecule has 1 aromatic carbocycles. The lowest BCUT2D eigenvalue weighted by atomic mass is 9.95. The molecular weight excluding hydrogens is 368 g/mol. The lowest BCUT2D eigenvalue weighted by molar-refractivity contribution is -0.141. The second-order valence-corrected chi connectivity index (χ2v) is 7.90. The van der Waals surface area contributed by atoms with E-state index in [1.807, 2.05) is 40.1 Å². The van der Waals surface area contributed by atoms with Crippen LogP contribution < -0.4 is 0 Å². The largest absolute Gasteiger partial charge is 0.342 e. The van der Waals surface area contributed by atoms with Gasteiger partial charge in [0.2, 0.25) is 17.6 Å². The molecule has 0 saturated carbocycles. The molecule has 0 N–H and O–H groups in total. The molecular formula is C21H28N6O2. The summed E-state index contributed by atoms with van der Waals surface area (Å²) < 4.78 is 0. The zero-order valence-corrected chi connectivity index (χ0v) is 16.7. The molecule has 2 saturated heterocycles. The summed E-state index contributed by atoms with van der Waals surface area (Å²) in [5.74, 6) is 0.818. The normalized spacial score (nSPS) is 18.5. The monoisotopic (exact) mass is 396 g/mol. The predicted octanol–water partition coefficient (Wildman–Crippen LogP) is 1.98. The molecule has 2 amide bonds. The maximum Gasteiger partial charge on any atom is 0.246 e. The summed E-state index contributed by atoms with van der Waals surface area (Å²) in [6.45, 7) is 3.08. The Morgan fingerprint density at radius 3 is 2.28 bits per heavy atom. The van der Waals surface area contributed by atoms with Gasteiger partial charge in [0, 0.05) is 37.7 Å². The van der Waals surface area contributed by atoms with Gasteiger partial charge in [-0.3, -0.25) is 9.59 Å². The molecule has 2 aliphatic rings. The van der Waals surface area contributed by atoms with Crippen LogP contribution in [0.3, 0.4) is 0 Å². The number of hydrogen-bond donors (Lipinski definition) is 0. The molecule has 2 aromatic rings. The lowest BCUT2D eigenvalue weighted by Crippen LogP contribution is -2.45.